The van der Waals surface area contributed by atoms with Gasteiger partial charge in [0, 0.05) is 19.0 Å². The van der Waals surface area contributed by atoms with Gasteiger partial charge in [-0.3, -0.25) is 4.79 Å². The summed E-state index contributed by atoms with van der Waals surface area (Å²) < 4.78 is 43.6. The Morgan fingerprint density at radius 3 is 2.73 bits per heavy atom. The maximum atomic E-state index is 12.7. The maximum Gasteiger partial charge on any atom is 0.573 e. The molecular formula is C17H19F3N4O2. The van der Waals surface area contributed by atoms with Crippen LogP contribution in [0.5, 0.6) is 5.75 Å². The molecule has 1 fully saturated rings. The summed E-state index contributed by atoms with van der Waals surface area (Å²) >= 11 is 0. The van der Waals surface area contributed by atoms with E-state index >= 15 is 0 Å². The summed E-state index contributed by atoms with van der Waals surface area (Å²) in [6.07, 6.45) is -2.53. The molecule has 2 aromatic rings. The molecular weight excluding hydrogens is 349 g/mol. The highest BCUT2D eigenvalue weighted by atomic mass is 19.4. The first-order valence-corrected chi connectivity index (χ1v) is 8.29. The third-order valence-electron chi connectivity index (χ3n) is 4.30. The molecule has 0 N–H and O–H groups in total. The zero-order valence-corrected chi connectivity index (χ0v) is 14.4. The number of aromatic nitrogens is 3. The number of halogens is 3. The molecule has 1 aliphatic rings. The zero-order chi connectivity index (χ0) is 18.9. The standard InChI is InChI=1S/C17H19F3N4O2/c1-11(2)15-22-21-10-24(15)12-7-8-23(9-12)16(25)13-5-3-4-6-14(13)26-17(18,19)20/h3-6,10-12H,7-9H2,1-2H3. The summed E-state index contributed by atoms with van der Waals surface area (Å²) in [5.41, 5.74) is -0.0988. The predicted octanol–water partition coefficient (Wildman–Crippen LogP) is 3.39. The molecule has 6 nitrogen and oxygen atoms in total. The molecule has 3 rings (SSSR count). The Bertz CT molecular complexity index is 788. The minimum absolute atomic E-state index is 0.00190. The molecule has 26 heavy (non-hydrogen) atoms. The molecule has 1 aliphatic heterocycles. The molecule has 1 amide bonds. The topological polar surface area (TPSA) is 60.2 Å². The van der Waals surface area contributed by atoms with Crippen molar-refractivity contribution in [2.75, 3.05) is 13.1 Å². The normalized spacial score (nSPS) is 17.8. The van der Waals surface area contributed by atoms with Crippen molar-refractivity contribution < 1.29 is 22.7 Å². The van der Waals surface area contributed by atoms with Gasteiger partial charge in [0.1, 0.15) is 17.9 Å². The van der Waals surface area contributed by atoms with Crippen LogP contribution in [0.25, 0.3) is 0 Å². The van der Waals surface area contributed by atoms with Gasteiger partial charge >= 0.3 is 6.36 Å². The summed E-state index contributed by atoms with van der Waals surface area (Å²) in [5.74, 6) is 0.0420. The van der Waals surface area contributed by atoms with Gasteiger partial charge in [0.25, 0.3) is 5.91 Å². The van der Waals surface area contributed by atoms with E-state index in [1.165, 1.54) is 23.1 Å². The first-order valence-electron chi connectivity index (χ1n) is 8.29. The van der Waals surface area contributed by atoms with E-state index < -0.39 is 18.0 Å². The van der Waals surface area contributed by atoms with Gasteiger partial charge in [0.2, 0.25) is 0 Å². The van der Waals surface area contributed by atoms with Gasteiger partial charge < -0.3 is 14.2 Å². The second-order valence-corrected chi connectivity index (χ2v) is 6.49. The number of carbonyl (C=O) groups is 1. The van der Waals surface area contributed by atoms with Gasteiger partial charge in [-0.05, 0) is 18.6 Å². The van der Waals surface area contributed by atoms with Crippen LogP contribution in [0.15, 0.2) is 30.6 Å². The number of hydrogen-bond donors (Lipinski definition) is 0. The van der Waals surface area contributed by atoms with Crippen molar-refractivity contribution in [1.29, 1.82) is 0 Å². The lowest BCUT2D eigenvalue weighted by atomic mass is 10.1. The number of carbonyl (C=O) groups excluding carboxylic acids is 1. The smallest absolute Gasteiger partial charge is 0.405 e. The maximum absolute atomic E-state index is 12.7. The summed E-state index contributed by atoms with van der Waals surface area (Å²) in [6.45, 7) is 4.84. The number of likely N-dealkylation sites (tertiary alicyclic amines) is 1. The molecule has 0 saturated carbocycles. The summed E-state index contributed by atoms with van der Waals surface area (Å²) in [5, 5.41) is 8.04. The number of amides is 1. The first kappa shape index (κ1) is 18.2. The molecule has 1 atom stereocenters. The van der Waals surface area contributed by atoms with E-state index in [0.29, 0.717) is 19.5 Å². The number of hydrogen-bond acceptors (Lipinski definition) is 4. The molecule has 1 saturated heterocycles. The van der Waals surface area contributed by atoms with Crippen molar-refractivity contribution in [3.05, 3.63) is 42.0 Å². The average Bonchev–Trinajstić information content (AvgIpc) is 3.22. The Balaban J connectivity index is 1.77. The molecule has 9 heteroatoms. The molecule has 2 heterocycles. The third-order valence-corrected chi connectivity index (χ3v) is 4.30. The molecule has 1 aromatic heterocycles. The van der Waals surface area contributed by atoms with Gasteiger partial charge in [-0.1, -0.05) is 26.0 Å². The van der Waals surface area contributed by atoms with E-state index in [4.69, 9.17) is 0 Å². The zero-order valence-electron chi connectivity index (χ0n) is 14.4. The molecule has 1 unspecified atom stereocenters. The van der Waals surface area contributed by atoms with Crippen LogP contribution in [0.2, 0.25) is 0 Å². The van der Waals surface area contributed by atoms with Crippen LogP contribution in [-0.2, 0) is 0 Å². The number of nitrogens with zero attached hydrogens (tertiary/aromatic N) is 4. The lowest BCUT2D eigenvalue weighted by molar-refractivity contribution is -0.274. The highest BCUT2D eigenvalue weighted by molar-refractivity contribution is 5.97. The van der Waals surface area contributed by atoms with Crippen molar-refractivity contribution in [2.45, 2.75) is 38.6 Å². The Morgan fingerprint density at radius 1 is 1.31 bits per heavy atom. The number of para-hydroxylation sites is 1. The monoisotopic (exact) mass is 368 g/mol. The van der Waals surface area contributed by atoms with Crippen LogP contribution >= 0.6 is 0 Å². The molecule has 0 spiro atoms. The van der Waals surface area contributed by atoms with E-state index in [1.807, 2.05) is 18.4 Å². The van der Waals surface area contributed by atoms with Crippen molar-refractivity contribution in [1.82, 2.24) is 19.7 Å². The number of alkyl halides is 3. The minimum Gasteiger partial charge on any atom is -0.405 e. The average molecular weight is 368 g/mol. The van der Waals surface area contributed by atoms with Crippen LogP contribution in [-0.4, -0.2) is 45.0 Å². The lowest BCUT2D eigenvalue weighted by Crippen LogP contribution is -2.30. The Labute approximate surface area is 148 Å². The Kier molecular flexibility index (Phi) is 4.88. The summed E-state index contributed by atoms with van der Waals surface area (Å²) in [6, 6.07) is 5.40. The van der Waals surface area contributed by atoms with Gasteiger partial charge in [0.15, 0.2) is 0 Å². The van der Waals surface area contributed by atoms with Crippen molar-refractivity contribution in [2.24, 2.45) is 0 Å². The SMILES string of the molecule is CC(C)c1nncn1C1CCN(C(=O)c2ccccc2OC(F)(F)F)C1. The fourth-order valence-corrected chi connectivity index (χ4v) is 3.13. The van der Waals surface area contributed by atoms with E-state index in [1.54, 1.807) is 6.33 Å². The number of benzene rings is 1. The van der Waals surface area contributed by atoms with E-state index in [2.05, 4.69) is 14.9 Å². The second kappa shape index (κ2) is 6.97. The fraction of sp³-hybridized carbons (Fsp3) is 0.471. The van der Waals surface area contributed by atoms with Crippen molar-refractivity contribution >= 4 is 5.91 Å². The highest BCUT2D eigenvalue weighted by Crippen LogP contribution is 2.30. The van der Waals surface area contributed by atoms with Crippen LogP contribution in [0.3, 0.4) is 0 Å². The van der Waals surface area contributed by atoms with Crippen molar-refractivity contribution in [3.63, 3.8) is 0 Å². The number of ether oxygens (including phenoxy) is 1. The van der Waals surface area contributed by atoms with E-state index in [-0.39, 0.29) is 17.5 Å². The second-order valence-electron chi connectivity index (χ2n) is 6.49. The first-order chi connectivity index (χ1) is 12.3. The van der Waals surface area contributed by atoms with Crippen molar-refractivity contribution in [3.8, 4) is 5.75 Å². The van der Waals surface area contributed by atoms with E-state index in [0.717, 1.165) is 11.9 Å². The lowest BCUT2D eigenvalue weighted by Gasteiger charge is -2.20. The Morgan fingerprint density at radius 2 is 2.04 bits per heavy atom. The third kappa shape index (κ3) is 3.81. The van der Waals surface area contributed by atoms with Crippen LogP contribution in [0.1, 0.15) is 48.4 Å². The predicted molar refractivity (Wildman–Crippen MR) is 86.8 cm³/mol. The fourth-order valence-electron chi connectivity index (χ4n) is 3.13. The largest absolute Gasteiger partial charge is 0.573 e. The van der Waals surface area contributed by atoms with Crippen LogP contribution < -0.4 is 4.74 Å². The van der Waals surface area contributed by atoms with Gasteiger partial charge in [0.05, 0.1) is 11.6 Å². The molecule has 1 aromatic carbocycles. The van der Waals surface area contributed by atoms with Gasteiger partial charge in [-0.25, -0.2) is 0 Å². The van der Waals surface area contributed by atoms with Gasteiger partial charge in [-0.15, -0.1) is 23.4 Å². The molecule has 140 valence electrons. The highest BCUT2D eigenvalue weighted by Gasteiger charge is 2.35. The molecule has 0 aliphatic carbocycles. The minimum atomic E-state index is -4.85. The quantitative estimate of drug-likeness (QED) is 0.830. The van der Waals surface area contributed by atoms with E-state index in [9.17, 15) is 18.0 Å². The Hall–Kier alpha value is -2.58. The molecule has 0 bridgehead atoms. The van der Waals surface area contributed by atoms with Crippen LogP contribution in [0, 0.1) is 0 Å². The molecule has 0 radical (unpaired) electrons. The number of rotatable bonds is 4. The summed E-state index contributed by atoms with van der Waals surface area (Å²) in [4.78, 5) is 14.3. The van der Waals surface area contributed by atoms with Gasteiger partial charge in [-0.2, -0.15) is 0 Å². The van der Waals surface area contributed by atoms with Crippen LogP contribution in [0.4, 0.5) is 13.2 Å². The summed E-state index contributed by atoms with van der Waals surface area (Å²) in [7, 11) is 0.